The van der Waals surface area contributed by atoms with Gasteiger partial charge in [-0.1, -0.05) is 18.5 Å². The molecule has 2 atom stereocenters. The van der Waals surface area contributed by atoms with E-state index in [1.54, 1.807) is 60.5 Å². The lowest BCUT2D eigenvalue weighted by molar-refractivity contribution is -0.125. The van der Waals surface area contributed by atoms with Gasteiger partial charge in [0.05, 0.1) is 7.11 Å². The van der Waals surface area contributed by atoms with Crippen LogP contribution in [-0.4, -0.2) is 54.9 Å². The van der Waals surface area contributed by atoms with Crippen LogP contribution in [0.2, 0.25) is 5.02 Å². The first kappa shape index (κ1) is 25.6. The molecule has 1 aliphatic heterocycles. The van der Waals surface area contributed by atoms with Crippen LogP contribution in [-0.2, 0) is 4.79 Å². The van der Waals surface area contributed by atoms with Crippen molar-refractivity contribution in [1.82, 2.24) is 15.5 Å². The van der Waals surface area contributed by atoms with E-state index in [0.717, 1.165) is 6.42 Å². The minimum Gasteiger partial charge on any atom is -0.497 e. The minimum atomic E-state index is -0.684. The molecule has 0 unspecified atom stereocenters. The van der Waals surface area contributed by atoms with E-state index < -0.39 is 6.04 Å². The molecule has 182 valence electrons. The van der Waals surface area contributed by atoms with Gasteiger partial charge in [-0.25, -0.2) is 0 Å². The summed E-state index contributed by atoms with van der Waals surface area (Å²) in [6.45, 7) is 4.96. The van der Waals surface area contributed by atoms with Crippen molar-refractivity contribution in [3.8, 4) is 5.75 Å². The number of carbonyl (C=O) groups excluding carboxylic acids is 3. The molecule has 34 heavy (non-hydrogen) atoms. The smallest absolute Gasteiger partial charge is 0.253 e. The highest BCUT2D eigenvalue weighted by Crippen LogP contribution is 2.24. The van der Waals surface area contributed by atoms with Crippen molar-refractivity contribution < 1.29 is 19.1 Å². The fourth-order valence-electron chi connectivity index (χ4n) is 4.01. The molecule has 2 aromatic carbocycles. The van der Waals surface area contributed by atoms with E-state index >= 15 is 0 Å². The van der Waals surface area contributed by atoms with Gasteiger partial charge in [0.25, 0.3) is 11.8 Å². The number of halogens is 1. The van der Waals surface area contributed by atoms with Gasteiger partial charge in [-0.2, -0.15) is 0 Å². The lowest BCUT2D eigenvalue weighted by Crippen LogP contribution is -2.55. The lowest BCUT2D eigenvalue weighted by Gasteiger charge is -2.36. The lowest BCUT2D eigenvalue weighted by atomic mass is 9.88. The Hall–Kier alpha value is -3.06. The van der Waals surface area contributed by atoms with Crippen LogP contribution >= 0.6 is 11.6 Å². The van der Waals surface area contributed by atoms with Crippen LogP contribution < -0.4 is 15.4 Å². The van der Waals surface area contributed by atoms with Gasteiger partial charge in [-0.05, 0) is 80.6 Å². The third kappa shape index (κ3) is 6.50. The van der Waals surface area contributed by atoms with Crippen molar-refractivity contribution >= 4 is 29.3 Å². The van der Waals surface area contributed by atoms with E-state index in [0.29, 0.717) is 47.8 Å². The van der Waals surface area contributed by atoms with Crippen molar-refractivity contribution in [1.29, 1.82) is 0 Å². The van der Waals surface area contributed by atoms with E-state index in [2.05, 4.69) is 10.6 Å². The molecule has 1 saturated heterocycles. The molecule has 0 bridgehead atoms. The number of benzene rings is 2. The Labute approximate surface area is 205 Å². The standard InChI is InChI=1S/C26H32ClN3O4/c1-4-17(2)28-25(32)23(29-24(31)19-7-11-22(34-3)12-8-19)18-13-15-30(16-14-18)26(33)20-5-9-21(27)10-6-20/h5-12,17-18,23H,4,13-16H2,1-3H3,(H,28,32)(H,29,31)/t17-,23+/m1/s1. The number of nitrogens with zero attached hydrogens (tertiary/aromatic N) is 1. The fourth-order valence-corrected chi connectivity index (χ4v) is 4.14. The Balaban J connectivity index is 1.69. The van der Waals surface area contributed by atoms with Crippen LogP contribution in [0.1, 0.15) is 53.8 Å². The van der Waals surface area contributed by atoms with Crippen LogP contribution in [0.15, 0.2) is 48.5 Å². The third-order valence-corrected chi connectivity index (χ3v) is 6.56. The zero-order valence-electron chi connectivity index (χ0n) is 19.8. The Morgan fingerprint density at radius 2 is 1.59 bits per heavy atom. The van der Waals surface area contributed by atoms with Crippen LogP contribution in [0.5, 0.6) is 5.75 Å². The molecule has 1 fully saturated rings. The molecule has 7 nitrogen and oxygen atoms in total. The van der Waals surface area contributed by atoms with E-state index in [4.69, 9.17) is 16.3 Å². The SMILES string of the molecule is CC[C@@H](C)NC(=O)[C@@H](NC(=O)c1ccc(OC)cc1)C1CCN(C(=O)c2ccc(Cl)cc2)CC1. The number of amides is 3. The molecule has 0 aliphatic carbocycles. The van der Waals surface area contributed by atoms with Gasteiger partial charge >= 0.3 is 0 Å². The monoisotopic (exact) mass is 485 g/mol. The third-order valence-electron chi connectivity index (χ3n) is 6.31. The normalized spacial score (nSPS) is 15.8. The average molecular weight is 486 g/mol. The predicted molar refractivity (Wildman–Crippen MR) is 132 cm³/mol. The van der Waals surface area contributed by atoms with Crippen molar-refractivity contribution in [3.05, 3.63) is 64.7 Å². The molecule has 3 rings (SSSR count). The summed E-state index contributed by atoms with van der Waals surface area (Å²) < 4.78 is 5.15. The molecule has 0 spiro atoms. The molecule has 0 aromatic heterocycles. The molecule has 0 saturated carbocycles. The maximum Gasteiger partial charge on any atom is 0.253 e. The Bertz CT molecular complexity index is 986. The highest BCUT2D eigenvalue weighted by atomic mass is 35.5. The molecule has 2 N–H and O–H groups in total. The summed E-state index contributed by atoms with van der Waals surface area (Å²) in [6, 6.07) is 12.9. The molecule has 2 aromatic rings. The van der Waals surface area contributed by atoms with Gasteiger partial charge in [0.2, 0.25) is 5.91 Å². The van der Waals surface area contributed by atoms with Crippen LogP contribution in [0, 0.1) is 5.92 Å². The number of hydrogen-bond donors (Lipinski definition) is 2. The first-order valence-electron chi connectivity index (χ1n) is 11.6. The zero-order chi connectivity index (χ0) is 24.7. The van der Waals surface area contributed by atoms with Gasteiger partial charge in [-0.15, -0.1) is 0 Å². The maximum atomic E-state index is 13.1. The summed E-state index contributed by atoms with van der Waals surface area (Å²) in [5.74, 6) is 0.00386. The van der Waals surface area contributed by atoms with Gasteiger partial charge in [0, 0.05) is 35.3 Å². The molecule has 1 heterocycles. The molecule has 0 radical (unpaired) electrons. The van der Waals surface area contributed by atoms with Crippen LogP contribution in [0.4, 0.5) is 0 Å². The fraction of sp³-hybridized carbons (Fsp3) is 0.423. The molecule has 1 aliphatic rings. The Morgan fingerprint density at radius 1 is 1.00 bits per heavy atom. The van der Waals surface area contributed by atoms with Crippen molar-refractivity contribution in [2.45, 2.75) is 45.2 Å². The first-order chi connectivity index (χ1) is 16.3. The quantitative estimate of drug-likeness (QED) is 0.593. The summed E-state index contributed by atoms with van der Waals surface area (Å²) in [7, 11) is 1.56. The van der Waals surface area contributed by atoms with Crippen molar-refractivity contribution in [2.24, 2.45) is 5.92 Å². The number of carbonyl (C=O) groups is 3. The van der Waals surface area contributed by atoms with Crippen LogP contribution in [0.25, 0.3) is 0 Å². The number of nitrogens with one attached hydrogen (secondary N) is 2. The van der Waals surface area contributed by atoms with Gasteiger partial charge in [0.15, 0.2) is 0 Å². The summed E-state index contributed by atoms with van der Waals surface area (Å²) in [4.78, 5) is 40.7. The van der Waals surface area contributed by atoms with Gasteiger partial charge in [-0.3, -0.25) is 14.4 Å². The Kier molecular flexibility index (Phi) is 8.93. The second-order valence-electron chi connectivity index (χ2n) is 8.63. The Morgan fingerprint density at radius 3 is 2.15 bits per heavy atom. The number of piperidine rings is 1. The summed E-state index contributed by atoms with van der Waals surface area (Å²) in [5.41, 5.74) is 1.04. The highest BCUT2D eigenvalue weighted by Gasteiger charge is 2.34. The second-order valence-corrected chi connectivity index (χ2v) is 9.07. The molecular formula is C26H32ClN3O4. The van der Waals surface area contributed by atoms with Crippen molar-refractivity contribution in [3.63, 3.8) is 0 Å². The number of rotatable bonds is 8. The number of ether oxygens (including phenoxy) is 1. The highest BCUT2D eigenvalue weighted by molar-refractivity contribution is 6.30. The summed E-state index contributed by atoms with van der Waals surface area (Å²) in [6.07, 6.45) is 2.01. The van der Waals surface area contributed by atoms with Crippen molar-refractivity contribution in [2.75, 3.05) is 20.2 Å². The van der Waals surface area contributed by atoms with Gasteiger partial charge < -0.3 is 20.3 Å². The summed E-state index contributed by atoms with van der Waals surface area (Å²) >= 11 is 5.93. The average Bonchev–Trinajstić information content (AvgIpc) is 2.87. The van der Waals surface area contributed by atoms with E-state index in [1.165, 1.54) is 0 Å². The van der Waals surface area contributed by atoms with E-state index in [9.17, 15) is 14.4 Å². The topological polar surface area (TPSA) is 87.7 Å². The first-order valence-corrected chi connectivity index (χ1v) is 12.0. The van der Waals surface area contributed by atoms with E-state index in [-0.39, 0.29) is 29.7 Å². The maximum absolute atomic E-state index is 13.1. The van der Waals surface area contributed by atoms with Gasteiger partial charge in [0.1, 0.15) is 11.8 Å². The largest absolute Gasteiger partial charge is 0.497 e. The molecule has 8 heteroatoms. The summed E-state index contributed by atoms with van der Waals surface area (Å²) in [5, 5.41) is 6.52. The second kappa shape index (κ2) is 11.9. The predicted octanol–water partition coefficient (Wildman–Crippen LogP) is 3.91. The zero-order valence-corrected chi connectivity index (χ0v) is 20.6. The number of likely N-dealkylation sites (tertiary alicyclic amines) is 1. The molecular weight excluding hydrogens is 454 g/mol. The number of hydrogen-bond acceptors (Lipinski definition) is 4. The number of methoxy groups -OCH3 is 1. The molecule has 3 amide bonds. The van der Waals surface area contributed by atoms with E-state index in [1.807, 2.05) is 13.8 Å². The minimum absolute atomic E-state index is 0.000500. The van der Waals surface area contributed by atoms with Crippen LogP contribution in [0.3, 0.4) is 0 Å².